The number of pyridine rings is 1. The van der Waals surface area contributed by atoms with Gasteiger partial charge >= 0.3 is 0 Å². The monoisotopic (exact) mass is 999 g/mol. The molecule has 0 spiro atoms. The minimum Gasteiger partial charge on any atom is -0.501 e. The van der Waals surface area contributed by atoms with Gasteiger partial charge in [-0.3, -0.25) is 4.98 Å². The van der Waals surface area contributed by atoms with Crippen LogP contribution in [-0.4, -0.2) is 14.4 Å². The molecule has 5 heteroatoms. The molecule has 0 aliphatic carbocycles. The summed E-state index contributed by atoms with van der Waals surface area (Å²) in [4.78, 5) is 9.69. The Labute approximate surface area is 384 Å². The summed E-state index contributed by atoms with van der Waals surface area (Å²) in [5, 5.41) is 14.0. The van der Waals surface area contributed by atoms with Gasteiger partial charge in [0, 0.05) is 49.3 Å². The fourth-order valence-corrected chi connectivity index (χ4v) is 9.40. The van der Waals surface area contributed by atoms with E-state index in [1.807, 2.05) is 56.3 Å². The summed E-state index contributed by atoms with van der Waals surface area (Å²) in [6.45, 7) is 3.75. The van der Waals surface area contributed by atoms with E-state index in [9.17, 15) is 0 Å². The van der Waals surface area contributed by atoms with Crippen molar-refractivity contribution in [1.29, 1.82) is 0 Å². The Hall–Kier alpha value is -7.43. The second kappa shape index (κ2) is 16.0. The summed E-state index contributed by atoms with van der Waals surface area (Å²) in [5.41, 5.74) is 8.37. The molecule has 0 amide bonds. The summed E-state index contributed by atoms with van der Waals surface area (Å²) < 4.78 is 17.2. The largest absolute Gasteiger partial charge is 0.501 e. The molecule has 64 heavy (non-hydrogen) atoms. The van der Waals surface area contributed by atoms with Gasteiger partial charge < -0.3 is 13.8 Å². The predicted molar refractivity (Wildman–Crippen MR) is 263 cm³/mol. The molecule has 9 aromatic carbocycles. The average molecular weight is 999 g/mol. The molecular weight excluding hydrogens is 959 g/mol. The standard InChI is InChI=1S/C45H25N2O.C14H14N.Ir/c1-2-12-29-27(11-1)23-24-28-25-39-36-19-9-20-37(44(36)48-42(39)26-38(28)29)45-46-40-21-10-18-35-33-16-6-4-14-31(33)30-13-3-5-15-32(30)34-17-7-8-22-41(34)47(45)43(35)40;1-11(2)13-8-9-15-14(10-13)12-6-4-3-5-7-12;/h1-19,21-26H;3-6,8-11H,1-2H3;/q2*-1;/i;11D;. The molecule has 0 saturated heterocycles. The van der Waals surface area contributed by atoms with Gasteiger partial charge in [-0.2, -0.15) is 0 Å². The molecule has 0 fully saturated rings. The van der Waals surface area contributed by atoms with Crippen molar-refractivity contribution < 1.29 is 25.9 Å². The first-order chi connectivity index (χ1) is 31.4. The Kier molecular flexibility index (Phi) is 9.59. The summed E-state index contributed by atoms with van der Waals surface area (Å²) in [6.07, 6.45) is 1.75. The van der Waals surface area contributed by atoms with Gasteiger partial charge in [-0.25, -0.2) is 0 Å². The normalized spacial score (nSPS) is 12.0. The van der Waals surface area contributed by atoms with Crippen LogP contribution in [0.15, 0.2) is 199 Å². The van der Waals surface area contributed by atoms with Gasteiger partial charge in [0.05, 0.1) is 22.4 Å². The quantitative estimate of drug-likeness (QED) is 0.131. The van der Waals surface area contributed by atoms with Gasteiger partial charge in [0.15, 0.2) is 0 Å². The number of nitrogens with zero attached hydrogens (tertiary/aromatic N) is 3. The number of imidazole rings is 1. The van der Waals surface area contributed by atoms with E-state index in [0.717, 1.165) is 77.5 Å². The topological polar surface area (TPSA) is 43.3 Å². The van der Waals surface area contributed by atoms with Crippen molar-refractivity contribution in [3.05, 3.63) is 212 Å². The van der Waals surface area contributed by atoms with Gasteiger partial charge in [-0.05, 0) is 85.0 Å². The third kappa shape index (κ3) is 6.47. The van der Waals surface area contributed by atoms with Crippen molar-refractivity contribution in [3.8, 4) is 22.6 Å². The molecule has 4 heterocycles. The Morgan fingerprint density at radius 1 is 0.547 bits per heavy atom. The Morgan fingerprint density at radius 3 is 1.98 bits per heavy atom. The first-order valence-electron chi connectivity index (χ1n) is 21.8. The third-order valence-electron chi connectivity index (χ3n) is 12.4. The number of aromatic nitrogens is 3. The SMILES string of the molecule is [2H]C(C)(C)c1ccnc(-c2[c-]cccc2)c1.[Ir].[c-]1ccc2c(oc3cc4c(ccc5ccccc54)cc32)c1-c1nc2cccc3c4ccccc4c4ccccc4c4ccccc4n1c23. The first-order valence-corrected chi connectivity index (χ1v) is 21.3. The van der Waals surface area contributed by atoms with E-state index < -0.39 is 5.89 Å². The van der Waals surface area contributed by atoms with E-state index >= 15 is 0 Å². The van der Waals surface area contributed by atoms with Crippen LogP contribution < -0.4 is 0 Å². The Morgan fingerprint density at radius 2 is 1.22 bits per heavy atom. The van der Waals surface area contributed by atoms with Crippen molar-refractivity contribution >= 4 is 92.4 Å². The fourth-order valence-electron chi connectivity index (χ4n) is 9.40. The third-order valence-corrected chi connectivity index (χ3v) is 12.4. The zero-order valence-electron chi connectivity index (χ0n) is 36.1. The molecule has 13 rings (SSSR count). The zero-order valence-corrected chi connectivity index (χ0v) is 37.5. The Balaban J connectivity index is 0.000000235. The van der Waals surface area contributed by atoms with Crippen molar-refractivity contribution in [2.24, 2.45) is 0 Å². The van der Waals surface area contributed by atoms with E-state index in [2.05, 4.69) is 167 Å². The van der Waals surface area contributed by atoms with E-state index in [-0.39, 0.29) is 20.1 Å². The van der Waals surface area contributed by atoms with Crippen LogP contribution >= 0.6 is 0 Å². The molecule has 0 atom stereocenters. The minimum atomic E-state index is -0.591. The second-order valence-corrected chi connectivity index (χ2v) is 16.3. The molecule has 4 aromatic heterocycles. The van der Waals surface area contributed by atoms with Crippen LogP contribution in [0.4, 0.5) is 0 Å². The molecule has 0 aliphatic rings. The van der Waals surface area contributed by atoms with Crippen LogP contribution in [0, 0.1) is 12.1 Å². The van der Waals surface area contributed by atoms with Crippen molar-refractivity contribution in [3.63, 3.8) is 0 Å². The fraction of sp³-hybridized carbons (Fsp3) is 0.0508. The predicted octanol–water partition coefficient (Wildman–Crippen LogP) is 15.9. The molecule has 0 N–H and O–H groups in total. The summed E-state index contributed by atoms with van der Waals surface area (Å²) in [5.74, 6) is 0.216. The van der Waals surface area contributed by atoms with E-state index in [4.69, 9.17) is 10.8 Å². The number of hydrogen-bond acceptors (Lipinski definition) is 3. The number of furan rings is 1. The maximum Gasteiger partial charge on any atom is 0.121 e. The maximum atomic E-state index is 7.99. The number of rotatable bonds is 3. The molecule has 0 bridgehead atoms. The van der Waals surface area contributed by atoms with Crippen LogP contribution in [0.1, 0.15) is 26.7 Å². The minimum absolute atomic E-state index is 0. The number of para-hydroxylation sites is 2. The van der Waals surface area contributed by atoms with Crippen molar-refractivity contribution in [1.82, 2.24) is 14.4 Å². The number of hydrogen-bond donors (Lipinski definition) is 0. The number of fused-ring (bicyclic) bond motifs is 13. The van der Waals surface area contributed by atoms with Crippen LogP contribution in [-0.2, 0) is 20.1 Å². The van der Waals surface area contributed by atoms with E-state index in [1.165, 1.54) is 43.1 Å². The molecular formula is C59H39IrN3O-2. The maximum absolute atomic E-state index is 7.99. The van der Waals surface area contributed by atoms with Crippen LogP contribution in [0.3, 0.4) is 0 Å². The smallest absolute Gasteiger partial charge is 0.121 e. The molecule has 0 saturated carbocycles. The Bertz CT molecular complexity index is 4020. The first kappa shape index (κ1) is 38.3. The van der Waals surface area contributed by atoms with E-state index in [0.29, 0.717) is 0 Å². The van der Waals surface area contributed by atoms with Crippen LogP contribution in [0.5, 0.6) is 0 Å². The average Bonchev–Trinajstić information content (AvgIpc) is 3.93. The van der Waals surface area contributed by atoms with E-state index in [1.54, 1.807) is 6.20 Å². The van der Waals surface area contributed by atoms with Crippen molar-refractivity contribution in [2.45, 2.75) is 19.7 Å². The van der Waals surface area contributed by atoms with Gasteiger partial charge in [-0.1, -0.05) is 152 Å². The zero-order chi connectivity index (χ0) is 42.9. The molecule has 13 aromatic rings. The molecule has 4 nitrogen and oxygen atoms in total. The van der Waals surface area contributed by atoms with Gasteiger partial charge in [0.1, 0.15) is 5.58 Å². The summed E-state index contributed by atoms with van der Waals surface area (Å²) >= 11 is 0. The van der Waals surface area contributed by atoms with Gasteiger partial charge in [0.25, 0.3) is 0 Å². The molecule has 0 aliphatic heterocycles. The summed E-state index contributed by atoms with van der Waals surface area (Å²) in [6, 6.07) is 72.4. The molecule has 0 unspecified atom stereocenters. The molecule has 307 valence electrons. The van der Waals surface area contributed by atoms with Gasteiger partial charge in [0.2, 0.25) is 0 Å². The number of benzene rings is 9. The van der Waals surface area contributed by atoms with Crippen LogP contribution in [0.2, 0.25) is 0 Å². The van der Waals surface area contributed by atoms with Gasteiger partial charge in [-0.15, -0.1) is 54.1 Å². The molecule has 1 radical (unpaired) electrons. The second-order valence-electron chi connectivity index (χ2n) is 16.3. The van der Waals surface area contributed by atoms with Crippen molar-refractivity contribution in [2.75, 3.05) is 0 Å². The van der Waals surface area contributed by atoms with Crippen LogP contribution in [0.25, 0.3) is 115 Å². The summed E-state index contributed by atoms with van der Waals surface area (Å²) in [7, 11) is 0.